The summed E-state index contributed by atoms with van der Waals surface area (Å²) in [6.45, 7) is 8.50. The second-order valence-electron chi connectivity index (χ2n) is 7.78. The standard InChI is InChI=1S/C17H30O3/c1-5-6-7-13(18)10-14(19)17(20)11-12-8-9-16(17,4)15(12,2)3/h12-13,18,20H,5-11H2,1-4H3/t12-,13+,16-,17+/m1/s1. The van der Waals surface area contributed by atoms with E-state index in [1.807, 2.05) is 0 Å². The van der Waals surface area contributed by atoms with Crippen LogP contribution in [0.3, 0.4) is 0 Å². The van der Waals surface area contributed by atoms with Crippen LogP contribution in [-0.2, 0) is 4.79 Å². The first-order valence-electron chi connectivity index (χ1n) is 8.13. The summed E-state index contributed by atoms with van der Waals surface area (Å²) in [5.41, 5.74) is -1.56. The van der Waals surface area contributed by atoms with E-state index in [9.17, 15) is 15.0 Å². The normalized spacial score (nSPS) is 40.0. The summed E-state index contributed by atoms with van der Waals surface area (Å²) in [4.78, 5) is 12.6. The van der Waals surface area contributed by atoms with Crippen LogP contribution in [-0.4, -0.2) is 27.7 Å². The Morgan fingerprint density at radius 3 is 2.45 bits per heavy atom. The predicted molar refractivity (Wildman–Crippen MR) is 79.3 cm³/mol. The van der Waals surface area contributed by atoms with Gasteiger partial charge in [-0.2, -0.15) is 0 Å². The number of hydrogen-bond acceptors (Lipinski definition) is 3. The summed E-state index contributed by atoms with van der Waals surface area (Å²) in [7, 11) is 0. The van der Waals surface area contributed by atoms with E-state index in [-0.39, 0.29) is 23.0 Å². The third-order valence-corrected chi connectivity index (χ3v) is 6.66. The second kappa shape index (κ2) is 5.10. The zero-order chi connectivity index (χ0) is 15.2. The van der Waals surface area contributed by atoms with Crippen molar-refractivity contribution < 1.29 is 15.0 Å². The molecule has 2 aliphatic carbocycles. The predicted octanol–water partition coefficient (Wildman–Crippen LogP) is 3.07. The summed E-state index contributed by atoms with van der Waals surface area (Å²) in [5, 5.41) is 21.0. The van der Waals surface area contributed by atoms with E-state index in [2.05, 4.69) is 27.7 Å². The quantitative estimate of drug-likeness (QED) is 0.787. The zero-order valence-corrected chi connectivity index (χ0v) is 13.4. The summed E-state index contributed by atoms with van der Waals surface area (Å²) < 4.78 is 0. The van der Waals surface area contributed by atoms with Crippen molar-refractivity contribution >= 4 is 5.78 Å². The van der Waals surface area contributed by atoms with Gasteiger partial charge in [0.05, 0.1) is 6.10 Å². The molecule has 0 heterocycles. The van der Waals surface area contributed by atoms with Gasteiger partial charge in [-0.25, -0.2) is 0 Å². The second-order valence-corrected chi connectivity index (χ2v) is 7.78. The maximum absolute atomic E-state index is 12.6. The van der Waals surface area contributed by atoms with Crippen molar-refractivity contribution in [1.82, 2.24) is 0 Å². The fourth-order valence-electron chi connectivity index (χ4n) is 4.62. The highest BCUT2D eigenvalue weighted by molar-refractivity contribution is 5.89. The lowest BCUT2D eigenvalue weighted by Gasteiger charge is -2.44. The van der Waals surface area contributed by atoms with Crippen LogP contribution in [0.25, 0.3) is 0 Å². The van der Waals surface area contributed by atoms with Crippen molar-refractivity contribution in [1.29, 1.82) is 0 Å². The zero-order valence-electron chi connectivity index (χ0n) is 13.4. The Morgan fingerprint density at radius 1 is 1.35 bits per heavy atom. The largest absolute Gasteiger partial charge is 0.393 e. The third-order valence-electron chi connectivity index (χ3n) is 6.66. The van der Waals surface area contributed by atoms with Gasteiger partial charge in [-0.3, -0.25) is 4.79 Å². The summed E-state index contributed by atoms with van der Waals surface area (Å²) in [6, 6.07) is 0. The van der Waals surface area contributed by atoms with E-state index in [1.54, 1.807) is 0 Å². The number of aliphatic hydroxyl groups excluding tert-OH is 1. The summed E-state index contributed by atoms with van der Waals surface area (Å²) in [6.07, 6.45) is 4.71. The molecule has 0 amide bonds. The molecule has 116 valence electrons. The Bertz CT molecular complexity index is 390. The Hall–Kier alpha value is -0.410. The highest BCUT2D eigenvalue weighted by atomic mass is 16.3. The molecule has 0 saturated heterocycles. The van der Waals surface area contributed by atoms with Gasteiger partial charge in [0, 0.05) is 11.8 Å². The lowest BCUT2D eigenvalue weighted by atomic mass is 9.62. The molecule has 0 aliphatic heterocycles. The first-order valence-corrected chi connectivity index (χ1v) is 8.13. The van der Waals surface area contributed by atoms with E-state index in [0.717, 1.165) is 25.7 Å². The fraction of sp³-hybridized carbons (Fsp3) is 0.941. The van der Waals surface area contributed by atoms with Crippen molar-refractivity contribution in [3.8, 4) is 0 Å². The van der Waals surface area contributed by atoms with Crippen LogP contribution in [0.4, 0.5) is 0 Å². The van der Waals surface area contributed by atoms with E-state index in [4.69, 9.17) is 0 Å². The van der Waals surface area contributed by atoms with Gasteiger partial charge in [0.25, 0.3) is 0 Å². The molecule has 4 atom stereocenters. The Labute approximate surface area is 122 Å². The molecule has 2 rings (SSSR count). The highest BCUT2D eigenvalue weighted by Gasteiger charge is 2.70. The molecule has 20 heavy (non-hydrogen) atoms. The molecule has 0 radical (unpaired) electrons. The molecule has 0 aromatic rings. The van der Waals surface area contributed by atoms with Gasteiger partial charge in [0.1, 0.15) is 5.60 Å². The van der Waals surface area contributed by atoms with Crippen LogP contribution < -0.4 is 0 Å². The van der Waals surface area contributed by atoms with E-state index < -0.39 is 11.7 Å². The first kappa shape index (κ1) is 16.0. The highest BCUT2D eigenvalue weighted by Crippen LogP contribution is 2.69. The molecule has 3 heteroatoms. The Balaban J connectivity index is 2.11. The van der Waals surface area contributed by atoms with E-state index >= 15 is 0 Å². The molecule has 3 nitrogen and oxygen atoms in total. The van der Waals surface area contributed by atoms with Crippen molar-refractivity contribution in [2.75, 3.05) is 0 Å². The number of fused-ring (bicyclic) bond motifs is 2. The average molecular weight is 282 g/mol. The molecule has 0 aromatic heterocycles. The number of ketones is 1. The molecule has 2 fully saturated rings. The smallest absolute Gasteiger partial charge is 0.167 e. The Kier molecular flexibility index (Phi) is 4.07. The van der Waals surface area contributed by atoms with Gasteiger partial charge >= 0.3 is 0 Å². The van der Waals surface area contributed by atoms with Gasteiger partial charge in [0.15, 0.2) is 5.78 Å². The van der Waals surface area contributed by atoms with Crippen molar-refractivity contribution in [2.24, 2.45) is 16.7 Å². The number of Topliss-reactive ketones (excluding diaryl/α,β-unsaturated/α-hetero) is 1. The third kappa shape index (κ3) is 2.05. The lowest BCUT2D eigenvalue weighted by molar-refractivity contribution is -0.157. The van der Waals surface area contributed by atoms with Crippen LogP contribution in [0, 0.1) is 16.7 Å². The topological polar surface area (TPSA) is 57.5 Å². The maximum atomic E-state index is 12.6. The minimum atomic E-state index is -1.23. The van der Waals surface area contributed by atoms with Crippen LogP contribution in [0.2, 0.25) is 0 Å². The fourth-order valence-corrected chi connectivity index (χ4v) is 4.62. The summed E-state index contributed by atoms with van der Waals surface area (Å²) >= 11 is 0. The van der Waals surface area contributed by atoms with Crippen LogP contribution in [0.15, 0.2) is 0 Å². The number of hydrogen-bond donors (Lipinski definition) is 2. The van der Waals surface area contributed by atoms with Crippen LogP contribution in [0.1, 0.15) is 72.6 Å². The molecular weight excluding hydrogens is 252 g/mol. The van der Waals surface area contributed by atoms with Crippen molar-refractivity contribution in [2.45, 2.75) is 84.3 Å². The summed E-state index contributed by atoms with van der Waals surface area (Å²) in [5.74, 6) is 0.285. The van der Waals surface area contributed by atoms with Gasteiger partial charge in [-0.1, -0.05) is 40.5 Å². The average Bonchev–Trinajstić information content (AvgIpc) is 2.68. The molecule has 2 saturated carbocycles. The monoisotopic (exact) mass is 282 g/mol. The van der Waals surface area contributed by atoms with Gasteiger partial charge < -0.3 is 10.2 Å². The van der Waals surface area contributed by atoms with Crippen molar-refractivity contribution in [3.05, 3.63) is 0 Å². The minimum absolute atomic E-state index is 0.00574. The molecule has 2 N–H and O–H groups in total. The molecule has 0 aromatic carbocycles. The molecule has 2 bridgehead atoms. The van der Waals surface area contributed by atoms with Gasteiger partial charge in [-0.05, 0) is 37.0 Å². The minimum Gasteiger partial charge on any atom is -0.393 e. The van der Waals surface area contributed by atoms with Gasteiger partial charge in [-0.15, -0.1) is 0 Å². The first-order chi connectivity index (χ1) is 9.19. The van der Waals surface area contributed by atoms with Crippen LogP contribution in [0.5, 0.6) is 0 Å². The number of aliphatic hydroxyl groups is 2. The van der Waals surface area contributed by atoms with Crippen LogP contribution >= 0.6 is 0 Å². The SMILES string of the molecule is CCCC[C@H](O)CC(=O)[C@@]1(O)C[C@H]2CC[C@]1(C)C2(C)C. The molecular formula is C17H30O3. The number of carbonyl (C=O) groups excluding carboxylic acids is 1. The Morgan fingerprint density at radius 2 is 2.00 bits per heavy atom. The number of unbranched alkanes of at least 4 members (excludes halogenated alkanes) is 1. The number of rotatable bonds is 6. The molecule has 0 unspecified atom stereocenters. The number of carbonyl (C=O) groups is 1. The molecule has 0 spiro atoms. The van der Waals surface area contributed by atoms with Gasteiger partial charge in [0.2, 0.25) is 0 Å². The molecule has 2 aliphatic rings. The maximum Gasteiger partial charge on any atom is 0.167 e. The van der Waals surface area contributed by atoms with Crippen molar-refractivity contribution in [3.63, 3.8) is 0 Å². The lowest BCUT2D eigenvalue weighted by Crippen LogP contribution is -2.53. The van der Waals surface area contributed by atoms with E-state index in [0.29, 0.717) is 18.8 Å². The van der Waals surface area contributed by atoms with E-state index in [1.165, 1.54) is 0 Å².